The number of ether oxygens (including phenoxy) is 1. The molecule has 2 fully saturated rings. The molecule has 2 heterocycles. The van der Waals surface area contributed by atoms with Crippen LogP contribution in [0.3, 0.4) is 0 Å². The van der Waals surface area contributed by atoms with Crippen LogP contribution in [-0.2, 0) is 9.53 Å². The molecular formula is C16H22N2O2. The molecule has 2 aliphatic heterocycles. The molecule has 0 aliphatic carbocycles. The van der Waals surface area contributed by atoms with Crippen molar-refractivity contribution in [3.05, 3.63) is 24.3 Å². The van der Waals surface area contributed by atoms with Gasteiger partial charge in [-0.1, -0.05) is 6.92 Å². The van der Waals surface area contributed by atoms with E-state index in [1.807, 2.05) is 6.92 Å². The van der Waals surface area contributed by atoms with Crippen LogP contribution in [0, 0.1) is 5.92 Å². The van der Waals surface area contributed by atoms with E-state index in [1.54, 1.807) is 0 Å². The first kappa shape index (κ1) is 13.4. The predicted octanol–water partition coefficient (Wildman–Crippen LogP) is 1.94. The molecule has 1 aromatic carbocycles. The van der Waals surface area contributed by atoms with Crippen molar-refractivity contribution in [2.45, 2.75) is 13.3 Å². The van der Waals surface area contributed by atoms with Gasteiger partial charge in [-0.2, -0.15) is 0 Å². The molecule has 1 unspecified atom stereocenters. The van der Waals surface area contributed by atoms with E-state index in [0.29, 0.717) is 12.2 Å². The Balaban J connectivity index is 1.68. The average molecular weight is 274 g/mol. The van der Waals surface area contributed by atoms with Crippen molar-refractivity contribution < 1.29 is 9.53 Å². The van der Waals surface area contributed by atoms with Crippen molar-refractivity contribution in [3.8, 4) is 0 Å². The van der Waals surface area contributed by atoms with Gasteiger partial charge < -0.3 is 14.5 Å². The fraction of sp³-hybridized carbons (Fsp3) is 0.562. The number of carbonyl (C=O) groups is 1. The maximum atomic E-state index is 11.6. The number of carbonyl (C=O) groups excluding carboxylic acids is 1. The van der Waals surface area contributed by atoms with Crippen LogP contribution in [0.2, 0.25) is 0 Å². The van der Waals surface area contributed by atoms with Crippen LogP contribution in [0.25, 0.3) is 0 Å². The van der Waals surface area contributed by atoms with E-state index in [0.717, 1.165) is 39.4 Å². The third-order valence-electron chi connectivity index (χ3n) is 4.26. The molecule has 0 bridgehead atoms. The molecule has 1 atom stereocenters. The summed E-state index contributed by atoms with van der Waals surface area (Å²) >= 11 is 0. The Labute approximate surface area is 120 Å². The molecule has 1 aromatic rings. The van der Waals surface area contributed by atoms with Gasteiger partial charge in [0.2, 0.25) is 0 Å². The maximum absolute atomic E-state index is 11.6. The third-order valence-corrected chi connectivity index (χ3v) is 4.26. The highest BCUT2D eigenvalue weighted by Crippen LogP contribution is 2.24. The minimum atomic E-state index is 0.155. The zero-order valence-corrected chi connectivity index (χ0v) is 12.0. The lowest BCUT2D eigenvalue weighted by molar-refractivity contribution is -0.122. The molecule has 0 amide bonds. The number of piperidine rings is 1. The summed E-state index contributed by atoms with van der Waals surface area (Å²) in [4.78, 5) is 16.3. The summed E-state index contributed by atoms with van der Waals surface area (Å²) < 4.78 is 5.38. The Morgan fingerprint density at radius 1 is 1.00 bits per heavy atom. The Morgan fingerprint density at radius 2 is 1.60 bits per heavy atom. The Bertz CT molecular complexity index is 466. The van der Waals surface area contributed by atoms with Crippen molar-refractivity contribution in [1.82, 2.24) is 0 Å². The van der Waals surface area contributed by atoms with E-state index in [1.165, 1.54) is 11.4 Å². The highest BCUT2D eigenvalue weighted by Gasteiger charge is 2.23. The molecule has 0 saturated carbocycles. The lowest BCUT2D eigenvalue weighted by atomic mass is 9.98. The van der Waals surface area contributed by atoms with Gasteiger partial charge in [0.15, 0.2) is 0 Å². The van der Waals surface area contributed by atoms with Crippen LogP contribution in [0.5, 0.6) is 0 Å². The molecule has 108 valence electrons. The fourth-order valence-electron chi connectivity index (χ4n) is 2.95. The van der Waals surface area contributed by atoms with Gasteiger partial charge in [-0.25, -0.2) is 0 Å². The number of hydrogen-bond donors (Lipinski definition) is 0. The molecule has 2 saturated heterocycles. The van der Waals surface area contributed by atoms with Crippen LogP contribution < -0.4 is 9.80 Å². The predicted molar refractivity (Wildman–Crippen MR) is 80.5 cm³/mol. The summed E-state index contributed by atoms with van der Waals surface area (Å²) in [6, 6.07) is 8.71. The summed E-state index contributed by atoms with van der Waals surface area (Å²) in [7, 11) is 0. The normalized spacial score (nSPS) is 24.1. The highest BCUT2D eigenvalue weighted by molar-refractivity contribution is 5.83. The lowest BCUT2D eigenvalue weighted by Gasteiger charge is -2.33. The van der Waals surface area contributed by atoms with Crippen LogP contribution >= 0.6 is 0 Å². The molecule has 4 heteroatoms. The topological polar surface area (TPSA) is 32.8 Å². The van der Waals surface area contributed by atoms with Crippen LogP contribution in [0.4, 0.5) is 11.4 Å². The molecule has 20 heavy (non-hydrogen) atoms. The van der Waals surface area contributed by atoms with Crippen molar-refractivity contribution in [2.24, 2.45) is 5.92 Å². The fourth-order valence-corrected chi connectivity index (χ4v) is 2.95. The largest absolute Gasteiger partial charge is 0.378 e. The van der Waals surface area contributed by atoms with Gasteiger partial charge in [-0.15, -0.1) is 0 Å². The average Bonchev–Trinajstić information content (AvgIpc) is 2.51. The van der Waals surface area contributed by atoms with Crippen molar-refractivity contribution >= 4 is 17.2 Å². The van der Waals surface area contributed by atoms with Gasteiger partial charge in [0.1, 0.15) is 5.78 Å². The second-order valence-corrected chi connectivity index (χ2v) is 5.68. The number of rotatable bonds is 2. The van der Waals surface area contributed by atoms with Crippen molar-refractivity contribution in [3.63, 3.8) is 0 Å². The van der Waals surface area contributed by atoms with Crippen molar-refractivity contribution in [2.75, 3.05) is 49.2 Å². The summed E-state index contributed by atoms with van der Waals surface area (Å²) in [6.07, 6.45) is 0.673. The molecule has 0 spiro atoms. The van der Waals surface area contributed by atoms with E-state index in [2.05, 4.69) is 34.1 Å². The summed E-state index contributed by atoms with van der Waals surface area (Å²) in [5, 5.41) is 0. The van der Waals surface area contributed by atoms with Gasteiger partial charge in [0, 0.05) is 49.9 Å². The smallest absolute Gasteiger partial charge is 0.139 e. The lowest BCUT2D eigenvalue weighted by Crippen LogP contribution is -2.39. The first-order valence-corrected chi connectivity index (χ1v) is 7.44. The number of ketones is 1. The van der Waals surface area contributed by atoms with Gasteiger partial charge in [0.25, 0.3) is 0 Å². The van der Waals surface area contributed by atoms with Crippen LogP contribution in [0.1, 0.15) is 13.3 Å². The number of nitrogens with zero attached hydrogens (tertiary/aromatic N) is 2. The van der Waals surface area contributed by atoms with E-state index >= 15 is 0 Å². The Kier molecular flexibility index (Phi) is 3.92. The van der Waals surface area contributed by atoms with E-state index < -0.39 is 0 Å². The maximum Gasteiger partial charge on any atom is 0.139 e. The monoisotopic (exact) mass is 274 g/mol. The Morgan fingerprint density at radius 3 is 2.20 bits per heavy atom. The van der Waals surface area contributed by atoms with Gasteiger partial charge in [-0.3, -0.25) is 4.79 Å². The quantitative estimate of drug-likeness (QED) is 0.825. The minimum Gasteiger partial charge on any atom is -0.378 e. The molecule has 4 nitrogen and oxygen atoms in total. The minimum absolute atomic E-state index is 0.155. The Hall–Kier alpha value is -1.55. The first-order valence-electron chi connectivity index (χ1n) is 7.44. The number of benzene rings is 1. The standard InChI is InChI=1S/C16H22N2O2/c1-13-12-18(7-6-16(13)19)15-4-2-14(3-5-15)17-8-10-20-11-9-17/h2-5,13H,6-12H2,1H3. The first-order chi connectivity index (χ1) is 9.74. The van der Waals surface area contributed by atoms with Gasteiger partial charge in [0.05, 0.1) is 13.2 Å². The number of Topliss-reactive ketones (excluding diaryl/α,β-unsaturated/α-hetero) is 1. The molecule has 0 N–H and O–H groups in total. The second-order valence-electron chi connectivity index (χ2n) is 5.68. The summed E-state index contributed by atoms with van der Waals surface area (Å²) in [5.74, 6) is 0.550. The van der Waals surface area contributed by atoms with Crippen LogP contribution in [0.15, 0.2) is 24.3 Å². The number of hydrogen-bond acceptors (Lipinski definition) is 4. The van der Waals surface area contributed by atoms with Gasteiger partial charge >= 0.3 is 0 Å². The molecule has 0 radical (unpaired) electrons. The van der Waals surface area contributed by atoms with Crippen molar-refractivity contribution in [1.29, 1.82) is 0 Å². The van der Waals surface area contributed by atoms with E-state index in [-0.39, 0.29) is 5.92 Å². The highest BCUT2D eigenvalue weighted by atomic mass is 16.5. The van der Waals surface area contributed by atoms with Crippen LogP contribution in [-0.4, -0.2) is 45.2 Å². The van der Waals surface area contributed by atoms with E-state index in [9.17, 15) is 4.79 Å². The van der Waals surface area contributed by atoms with E-state index in [4.69, 9.17) is 4.74 Å². The zero-order chi connectivity index (χ0) is 13.9. The summed E-state index contributed by atoms with van der Waals surface area (Å²) in [5.41, 5.74) is 2.49. The third kappa shape index (κ3) is 2.80. The summed E-state index contributed by atoms with van der Waals surface area (Å²) in [6.45, 7) is 7.27. The molecule has 2 aliphatic rings. The second kappa shape index (κ2) is 5.83. The number of anilines is 2. The number of morpholine rings is 1. The molecule has 0 aromatic heterocycles. The van der Waals surface area contributed by atoms with Gasteiger partial charge in [-0.05, 0) is 24.3 Å². The molecular weight excluding hydrogens is 252 g/mol. The molecule has 3 rings (SSSR count). The zero-order valence-electron chi connectivity index (χ0n) is 12.0. The SMILES string of the molecule is CC1CN(c2ccc(N3CCOCC3)cc2)CCC1=O.